The summed E-state index contributed by atoms with van der Waals surface area (Å²) >= 11 is 0. The van der Waals surface area contributed by atoms with Crippen molar-refractivity contribution in [1.29, 1.82) is 0 Å². The average molecular weight is 602 g/mol. The van der Waals surface area contributed by atoms with Gasteiger partial charge in [-0.15, -0.1) is 0 Å². The van der Waals surface area contributed by atoms with Crippen molar-refractivity contribution in [3.05, 3.63) is 107 Å². The number of allylic oxidation sites excluding steroid dienone is 2. The number of hydrogen-bond donors (Lipinski definition) is 4. The molecule has 2 bridgehead atoms. The molecule has 0 amide bonds. The highest BCUT2D eigenvalue weighted by atomic mass is 16.3. The van der Waals surface area contributed by atoms with Crippen molar-refractivity contribution >= 4 is 5.78 Å². The molecule has 7 heteroatoms. The second kappa shape index (κ2) is 13.9. The number of ketones is 1. The van der Waals surface area contributed by atoms with Gasteiger partial charge in [-0.3, -0.25) is 9.69 Å². The highest BCUT2D eigenvalue weighted by Gasteiger charge is 2.57. The topological polar surface area (TPSA) is 114 Å². The summed E-state index contributed by atoms with van der Waals surface area (Å²) in [6, 6.07) is 19.3. The Bertz CT molecular complexity index is 1420. The Morgan fingerprint density at radius 2 is 1.89 bits per heavy atom. The van der Waals surface area contributed by atoms with E-state index in [2.05, 4.69) is 24.8 Å². The van der Waals surface area contributed by atoms with Crippen LogP contribution in [0.4, 0.5) is 0 Å². The minimum Gasteiger partial charge on any atom is -0.461 e. The van der Waals surface area contributed by atoms with Crippen LogP contribution in [0.5, 0.6) is 0 Å². The van der Waals surface area contributed by atoms with Gasteiger partial charge in [-0.1, -0.05) is 61.0 Å². The minimum atomic E-state index is -1.12. The number of furan rings is 1. The summed E-state index contributed by atoms with van der Waals surface area (Å²) in [5, 5.41) is 43.7. The Morgan fingerprint density at radius 1 is 1.09 bits per heavy atom. The zero-order chi connectivity index (χ0) is 31.3. The fourth-order valence-corrected chi connectivity index (χ4v) is 7.49. The fraction of sp³-hybridized carbons (Fsp3) is 0.486. The Morgan fingerprint density at radius 3 is 2.61 bits per heavy atom. The monoisotopic (exact) mass is 601 g/mol. The van der Waals surface area contributed by atoms with E-state index in [0.29, 0.717) is 50.8 Å². The zero-order valence-corrected chi connectivity index (χ0v) is 26.0. The summed E-state index contributed by atoms with van der Waals surface area (Å²) in [4.78, 5) is 15.9. The van der Waals surface area contributed by atoms with E-state index in [0.717, 1.165) is 29.5 Å². The Hall–Kier alpha value is -3.07. The molecule has 1 saturated carbocycles. The van der Waals surface area contributed by atoms with E-state index in [1.165, 1.54) is 11.8 Å². The molecule has 0 spiro atoms. The van der Waals surface area contributed by atoms with Crippen LogP contribution < -0.4 is 0 Å². The summed E-state index contributed by atoms with van der Waals surface area (Å²) in [6.07, 6.45) is 6.86. The van der Waals surface area contributed by atoms with E-state index >= 15 is 0 Å². The number of fused-ring (bicyclic) bond motifs is 8. The van der Waals surface area contributed by atoms with Crippen LogP contribution >= 0.6 is 0 Å². The van der Waals surface area contributed by atoms with Gasteiger partial charge in [0.25, 0.3) is 0 Å². The fourth-order valence-electron chi connectivity index (χ4n) is 7.49. The summed E-state index contributed by atoms with van der Waals surface area (Å²) < 4.78 is 5.54. The van der Waals surface area contributed by atoms with Gasteiger partial charge in [0, 0.05) is 30.6 Å². The van der Waals surface area contributed by atoms with Crippen molar-refractivity contribution in [2.75, 3.05) is 19.7 Å². The molecule has 1 aromatic heterocycles. The van der Waals surface area contributed by atoms with Crippen LogP contribution in [0.15, 0.2) is 83.0 Å². The van der Waals surface area contributed by atoms with Crippen LogP contribution in [0.3, 0.4) is 0 Å². The number of benzene rings is 2. The van der Waals surface area contributed by atoms with Crippen molar-refractivity contribution in [3.8, 4) is 0 Å². The van der Waals surface area contributed by atoms with Gasteiger partial charge in [0.2, 0.25) is 5.78 Å². The third kappa shape index (κ3) is 7.08. The number of rotatable bonds is 9. The minimum absolute atomic E-state index is 0.113. The molecule has 2 aromatic carbocycles. The maximum Gasteiger partial charge on any atom is 0.228 e. The van der Waals surface area contributed by atoms with E-state index in [4.69, 9.17) is 4.42 Å². The number of nitrogens with zero attached hydrogens (tertiary/aromatic N) is 1. The van der Waals surface area contributed by atoms with Gasteiger partial charge in [0.05, 0.1) is 30.7 Å². The number of aliphatic hydroxyl groups excluding tert-OH is 3. The molecular weight excluding hydrogens is 554 g/mol. The Labute approximate surface area is 260 Å². The molecule has 3 aliphatic rings. The molecule has 0 radical (unpaired) electrons. The lowest BCUT2D eigenvalue weighted by Gasteiger charge is -2.46. The molecule has 3 aliphatic carbocycles. The number of aliphatic hydroxyl groups is 4. The second-order valence-corrected chi connectivity index (χ2v) is 13.2. The van der Waals surface area contributed by atoms with E-state index < -0.39 is 23.2 Å². The Balaban J connectivity index is 1.57. The Kier molecular flexibility index (Phi) is 10.2. The van der Waals surface area contributed by atoms with Gasteiger partial charge in [-0.25, -0.2) is 0 Å². The van der Waals surface area contributed by atoms with Gasteiger partial charge in [-0.2, -0.15) is 0 Å². The molecule has 6 rings (SSSR count). The maximum absolute atomic E-state index is 13.9. The largest absolute Gasteiger partial charge is 0.461 e. The molecule has 7 nitrogen and oxygen atoms in total. The third-order valence-electron chi connectivity index (χ3n) is 10.1. The van der Waals surface area contributed by atoms with Crippen LogP contribution in [0.25, 0.3) is 0 Å². The van der Waals surface area contributed by atoms with Crippen molar-refractivity contribution in [3.63, 3.8) is 0 Å². The smallest absolute Gasteiger partial charge is 0.228 e. The van der Waals surface area contributed by atoms with Gasteiger partial charge >= 0.3 is 0 Å². The van der Waals surface area contributed by atoms with Crippen LogP contribution in [0.1, 0.15) is 91.1 Å². The first-order valence-corrected chi connectivity index (χ1v) is 15.9. The first-order chi connectivity index (χ1) is 21.1. The molecule has 0 saturated heterocycles. The molecule has 5 atom stereocenters. The van der Waals surface area contributed by atoms with E-state index in [-0.39, 0.29) is 30.6 Å². The molecule has 3 aromatic rings. The molecule has 5 unspecified atom stereocenters. The summed E-state index contributed by atoms with van der Waals surface area (Å²) in [6.45, 7) is 4.98. The highest BCUT2D eigenvalue weighted by molar-refractivity contribution is 6.08. The summed E-state index contributed by atoms with van der Waals surface area (Å²) in [5.41, 5.74) is 2.91. The standard InChI is InChI=1S/C37H47NO6/c1-26-8-6-17-36(2)33(16-18-37(36,43)25-38(23-30(41)24-39)22-27-9-4-3-5-10-27)31-15-13-28(20-29(40)14-12-26)21-32(31)35(42)34-11-7-19-44-34/h3-5,7-11,13,15,19,21,29-30,33,39-41,43H,6,12,14,16-18,20,22-25H2,1-2H3. The van der Waals surface area contributed by atoms with E-state index in [1.54, 1.807) is 12.1 Å². The first-order valence-electron chi connectivity index (χ1n) is 15.9. The lowest BCUT2D eigenvalue weighted by molar-refractivity contribution is -0.0907. The predicted molar refractivity (Wildman–Crippen MR) is 170 cm³/mol. The first kappa shape index (κ1) is 32.3. The molecule has 4 N–H and O–H groups in total. The van der Waals surface area contributed by atoms with Crippen molar-refractivity contribution in [1.82, 2.24) is 4.90 Å². The van der Waals surface area contributed by atoms with Crippen molar-refractivity contribution < 1.29 is 29.6 Å². The zero-order valence-electron chi connectivity index (χ0n) is 26.0. The maximum atomic E-state index is 13.9. The van der Waals surface area contributed by atoms with Gasteiger partial charge in [-0.05, 0) is 92.7 Å². The predicted octanol–water partition coefficient (Wildman–Crippen LogP) is 5.40. The molecule has 1 heterocycles. The lowest BCUT2D eigenvalue weighted by atomic mass is 9.64. The van der Waals surface area contributed by atoms with Crippen LogP contribution in [-0.2, 0) is 13.0 Å². The molecular formula is C37H47NO6. The number of carbonyl (C=O) groups is 1. The summed E-state index contributed by atoms with van der Waals surface area (Å²) in [7, 11) is 0. The molecule has 0 aliphatic heterocycles. The van der Waals surface area contributed by atoms with Gasteiger partial charge < -0.3 is 24.8 Å². The van der Waals surface area contributed by atoms with Crippen molar-refractivity contribution in [2.24, 2.45) is 5.41 Å². The number of carbonyl (C=O) groups excluding carboxylic acids is 1. The molecule has 236 valence electrons. The molecule has 44 heavy (non-hydrogen) atoms. The van der Waals surface area contributed by atoms with Gasteiger partial charge in [0.15, 0.2) is 5.76 Å². The number of hydrogen-bond acceptors (Lipinski definition) is 7. The van der Waals surface area contributed by atoms with Crippen LogP contribution in [0.2, 0.25) is 0 Å². The molecule has 1 fully saturated rings. The van der Waals surface area contributed by atoms with E-state index in [9.17, 15) is 25.2 Å². The highest BCUT2D eigenvalue weighted by Crippen LogP contribution is 2.59. The normalized spacial score (nSPS) is 26.7. The lowest BCUT2D eigenvalue weighted by Crippen LogP contribution is -2.53. The van der Waals surface area contributed by atoms with Crippen molar-refractivity contribution in [2.45, 2.75) is 89.1 Å². The summed E-state index contributed by atoms with van der Waals surface area (Å²) in [5.74, 6) is -0.0391. The third-order valence-corrected chi connectivity index (χ3v) is 10.1. The quantitative estimate of drug-likeness (QED) is 0.192. The van der Waals surface area contributed by atoms with Crippen LogP contribution in [0, 0.1) is 5.41 Å². The van der Waals surface area contributed by atoms with E-state index in [1.807, 2.05) is 48.5 Å². The SMILES string of the molecule is CC1=CCCC2(C)C(CCC2(O)CN(Cc2ccccc2)CC(O)CO)c2ccc(cc2C(=O)c2ccco2)CC(O)CC1. The van der Waals surface area contributed by atoms with Crippen LogP contribution in [-0.4, -0.2) is 68.6 Å². The van der Waals surface area contributed by atoms with Gasteiger partial charge in [0.1, 0.15) is 0 Å². The average Bonchev–Trinajstić information content (AvgIpc) is 3.63. The second-order valence-electron chi connectivity index (χ2n) is 13.2.